The summed E-state index contributed by atoms with van der Waals surface area (Å²) in [5.74, 6) is -5.39. The Hall–Kier alpha value is -0.700. The van der Waals surface area contributed by atoms with E-state index in [-0.39, 0.29) is 0 Å². The van der Waals surface area contributed by atoms with Crippen molar-refractivity contribution < 1.29 is 105 Å². The van der Waals surface area contributed by atoms with Crippen molar-refractivity contribution in [2.24, 2.45) is 5.92 Å². The van der Waals surface area contributed by atoms with Crippen LogP contribution in [0.5, 0.6) is 0 Å². The van der Waals surface area contributed by atoms with E-state index < -0.39 is 98.8 Å². The fourth-order valence-corrected chi connectivity index (χ4v) is 5.58. The molecule has 1 saturated carbocycles. The molecule has 11 N–H and O–H groups in total. The maximum absolute atomic E-state index is 12.3. The minimum atomic E-state index is -5.76. The molecule has 1 rings (SSSR count). The van der Waals surface area contributed by atoms with Gasteiger partial charge in [0.15, 0.2) is 0 Å². The van der Waals surface area contributed by atoms with E-state index in [2.05, 4.69) is 22.6 Å². The first-order valence-electron chi connectivity index (χ1n) is 9.11. The fourth-order valence-electron chi connectivity index (χ4n) is 2.91. The monoisotopic (exact) mass is 630 g/mol. The molecule has 22 nitrogen and oxygen atoms in total. The van der Waals surface area contributed by atoms with E-state index in [9.17, 15) is 43.0 Å². The lowest BCUT2D eigenvalue weighted by atomic mass is 9.85. The Labute approximate surface area is 204 Å². The SMILES string of the molecule is O=C(O)C[C@H](COP(=O)(O)OC1[C@H](O)[C@H](OP(=O)(O)O)C(OP(=O)(O)O)[C@H](OP(=O)(O)O)[C@H]1O)C(=O)O. The second-order valence-corrected chi connectivity index (χ2v) is 12.1. The molecule has 0 amide bonds. The summed E-state index contributed by atoms with van der Waals surface area (Å²) in [5.41, 5.74) is 0. The molecule has 1 aliphatic carbocycles. The quantitative estimate of drug-likeness (QED) is 0.0843. The molecule has 3 unspecified atom stereocenters. The van der Waals surface area contributed by atoms with Gasteiger partial charge in [0.2, 0.25) is 0 Å². The predicted molar refractivity (Wildman–Crippen MR) is 107 cm³/mol. The van der Waals surface area contributed by atoms with E-state index in [1.807, 2.05) is 0 Å². The lowest BCUT2D eigenvalue weighted by Crippen LogP contribution is -2.65. The zero-order valence-electron chi connectivity index (χ0n) is 17.7. The molecule has 0 spiro atoms. The normalized spacial score (nSPS) is 29.9. The number of hydrogen-bond acceptors (Lipinski definition) is 13. The van der Waals surface area contributed by atoms with Crippen molar-refractivity contribution in [3.63, 3.8) is 0 Å². The van der Waals surface area contributed by atoms with Gasteiger partial charge >= 0.3 is 43.2 Å². The number of carboxylic acid groups (broad SMARTS) is 2. The van der Waals surface area contributed by atoms with Crippen LogP contribution in [0.3, 0.4) is 0 Å². The number of aliphatic hydroxyl groups excluding tert-OH is 2. The summed E-state index contributed by atoms with van der Waals surface area (Å²) in [4.78, 5) is 86.0. The van der Waals surface area contributed by atoms with Gasteiger partial charge in [-0.15, -0.1) is 0 Å². The molecule has 0 aromatic rings. The maximum atomic E-state index is 12.3. The van der Waals surface area contributed by atoms with Gasteiger partial charge in [-0.3, -0.25) is 32.2 Å². The number of aliphatic carboxylic acids is 2. The second kappa shape index (κ2) is 12.6. The van der Waals surface area contributed by atoms with Crippen LogP contribution >= 0.6 is 31.3 Å². The van der Waals surface area contributed by atoms with Crippen molar-refractivity contribution in [1.29, 1.82) is 0 Å². The van der Waals surface area contributed by atoms with Gasteiger partial charge in [-0.25, -0.2) is 18.3 Å². The van der Waals surface area contributed by atoms with Crippen LogP contribution in [0.25, 0.3) is 0 Å². The molecule has 1 aliphatic rings. The van der Waals surface area contributed by atoms with Gasteiger partial charge in [0, 0.05) is 0 Å². The average molecular weight is 630 g/mol. The molecule has 0 aromatic heterocycles. The third-order valence-electron chi connectivity index (χ3n) is 4.24. The van der Waals surface area contributed by atoms with E-state index in [0.29, 0.717) is 0 Å². The van der Waals surface area contributed by atoms with E-state index in [1.165, 1.54) is 0 Å². The first-order valence-corrected chi connectivity index (χ1v) is 15.2. The van der Waals surface area contributed by atoms with Crippen LogP contribution in [0.4, 0.5) is 0 Å². The third-order valence-corrected chi connectivity index (χ3v) is 6.77. The average Bonchev–Trinajstić information content (AvgIpc) is 2.65. The molecule has 37 heavy (non-hydrogen) atoms. The summed E-state index contributed by atoms with van der Waals surface area (Å²) in [6.07, 6.45) is -17.8. The molecule has 1 fully saturated rings. The number of rotatable bonds is 14. The van der Waals surface area contributed by atoms with E-state index in [1.54, 1.807) is 0 Å². The van der Waals surface area contributed by atoms with Crippen LogP contribution in [0.2, 0.25) is 0 Å². The lowest BCUT2D eigenvalue weighted by molar-refractivity contribution is -0.209. The Morgan fingerprint density at radius 1 is 0.649 bits per heavy atom. The summed E-state index contributed by atoms with van der Waals surface area (Å²) in [6.45, 7) is -1.32. The summed E-state index contributed by atoms with van der Waals surface area (Å²) < 4.78 is 67.4. The zero-order valence-corrected chi connectivity index (χ0v) is 21.2. The lowest BCUT2D eigenvalue weighted by Gasteiger charge is -2.45. The van der Waals surface area contributed by atoms with Gasteiger partial charge in [0.1, 0.15) is 36.6 Å². The highest BCUT2D eigenvalue weighted by Crippen LogP contribution is 2.53. The van der Waals surface area contributed by atoms with Crippen LogP contribution in [-0.2, 0) is 50.5 Å². The molecule has 0 radical (unpaired) electrons. The molecule has 26 heteroatoms. The molecular weight excluding hydrogens is 608 g/mol. The molecular formula is C11H22O22P4. The highest BCUT2D eigenvalue weighted by atomic mass is 31.2. The number of phosphoric acid groups is 4. The Balaban J connectivity index is 3.39. The molecule has 0 aliphatic heterocycles. The van der Waals surface area contributed by atoms with Crippen molar-refractivity contribution in [1.82, 2.24) is 0 Å². The van der Waals surface area contributed by atoms with Gasteiger partial charge in [0.05, 0.1) is 18.9 Å². The van der Waals surface area contributed by atoms with Gasteiger partial charge < -0.3 is 54.7 Å². The predicted octanol–water partition coefficient (Wildman–Crippen LogP) is -3.17. The molecule has 0 heterocycles. The number of aliphatic hydroxyl groups is 2. The molecule has 0 aromatic carbocycles. The minimum absolute atomic E-state index is 1.11. The van der Waals surface area contributed by atoms with Gasteiger partial charge in [-0.1, -0.05) is 0 Å². The highest BCUT2D eigenvalue weighted by Gasteiger charge is 2.58. The first kappa shape index (κ1) is 34.3. The van der Waals surface area contributed by atoms with Crippen LogP contribution < -0.4 is 0 Å². The number of phosphoric ester groups is 4. The van der Waals surface area contributed by atoms with Crippen molar-refractivity contribution in [2.45, 2.75) is 43.0 Å². The van der Waals surface area contributed by atoms with Crippen LogP contribution in [0.15, 0.2) is 0 Å². The Morgan fingerprint density at radius 2 is 1.03 bits per heavy atom. The smallest absolute Gasteiger partial charge is 0.472 e. The number of carboxylic acids is 2. The van der Waals surface area contributed by atoms with E-state index in [0.717, 1.165) is 0 Å². The molecule has 218 valence electrons. The van der Waals surface area contributed by atoms with Crippen molar-refractivity contribution >= 4 is 43.2 Å². The largest absolute Gasteiger partial charge is 0.481 e. The fraction of sp³-hybridized carbons (Fsp3) is 0.818. The zero-order chi connectivity index (χ0) is 29.1. The summed E-state index contributed by atoms with van der Waals surface area (Å²) in [6, 6.07) is 0. The number of hydrogen-bond donors (Lipinski definition) is 11. The van der Waals surface area contributed by atoms with Gasteiger partial charge in [0.25, 0.3) is 0 Å². The Bertz CT molecular complexity index is 972. The Morgan fingerprint density at radius 3 is 1.35 bits per heavy atom. The van der Waals surface area contributed by atoms with Crippen LogP contribution in [-0.4, -0.2) is 110 Å². The topological polar surface area (TPSA) is 371 Å². The summed E-state index contributed by atoms with van der Waals surface area (Å²) in [7, 11) is -22.9. The molecule has 8 atom stereocenters. The van der Waals surface area contributed by atoms with Crippen LogP contribution in [0, 0.1) is 5.92 Å². The Kier molecular flexibility index (Phi) is 11.7. The second-order valence-electron chi connectivity index (χ2n) is 7.13. The summed E-state index contributed by atoms with van der Waals surface area (Å²) in [5, 5.41) is 38.4. The van der Waals surface area contributed by atoms with Crippen LogP contribution in [0.1, 0.15) is 6.42 Å². The van der Waals surface area contributed by atoms with E-state index >= 15 is 0 Å². The first-order chi connectivity index (χ1) is 16.4. The third kappa shape index (κ3) is 11.9. The van der Waals surface area contributed by atoms with Crippen molar-refractivity contribution in [2.75, 3.05) is 6.61 Å². The van der Waals surface area contributed by atoms with E-state index in [4.69, 9.17) is 39.6 Å². The standard InChI is InChI=1S/C11H22O22P4/c12-4(13)1-3(11(16)17)2-29-37(27,28)33-7-5(14)8(30-34(18,19)20)10(32-36(24,25)26)9(6(7)15)31-35(21,22)23/h3,5-10,14-15H,1-2H2,(H,12,13)(H,16,17)(H,27,28)(H2,18,19,20)(H2,21,22,23)(H2,24,25,26)/t3-,5+,6+,7?,8-,9+,10?/m1/s1. The van der Waals surface area contributed by atoms with Gasteiger partial charge in [-0.05, 0) is 0 Å². The van der Waals surface area contributed by atoms with Crippen molar-refractivity contribution in [3.8, 4) is 0 Å². The molecule has 0 saturated heterocycles. The van der Waals surface area contributed by atoms with Crippen molar-refractivity contribution in [3.05, 3.63) is 0 Å². The molecule has 0 bridgehead atoms. The summed E-state index contributed by atoms with van der Waals surface area (Å²) >= 11 is 0. The van der Waals surface area contributed by atoms with Gasteiger partial charge in [-0.2, -0.15) is 0 Å². The highest BCUT2D eigenvalue weighted by molar-refractivity contribution is 7.47. The number of carbonyl (C=O) groups is 2. The maximum Gasteiger partial charge on any atom is 0.472 e. The minimum Gasteiger partial charge on any atom is -0.481 e.